The molecular formula is C31H32N4O2S. The minimum absolute atomic E-state index is 0.0341. The largest absolute Gasteiger partial charge is 0.329 e. The van der Waals surface area contributed by atoms with Gasteiger partial charge in [-0.05, 0) is 66.4 Å². The van der Waals surface area contributed by atoms with Crippen LogP contribution in [-0.4, -0.2) is 58.5 Å². The molecular weight excluding hydrogens is 492 g/mol. The van der Waals surface area contributed by atoms with E-state index in [-0.39, 0.29) is 24.1 Å². The van der Waals surface area contributed by atoms with Crippen molar-refractivity contribution in [1.82, 2.24) is 14.7 Å². The van der Waals surface area contributed by atoms with Gasteiger partial charge < -0.3 is 14.7 Å². The van der Waals surface area contributed by atoms with Crippen LogP contribution in [-0.2, 0) is 6.54 Å². The average molecular weight is 525 g/mol. The summed E-state index contributed by atoms with van der Waals surface area (Å²) in [6.45, 7) is 4.41. The normalized spacial score (nSPS) is 18.6. The Morgan fingerprint density at radius 2 is 1.39 bits per heavy atom. The topological polar surface area (TPSA) is 47.1 Å². The molecule has 1 aromatic heterocycles. The molecule has 2 aliphatic rings. The Morgan fingerprint density at radius 1 is 0.816 bits per heavy atom. The molecule has 0 saturated carbocycles. The summed E-state index contributed by atoms with van der Waals surface area (Å²) in [4.78, 5) is 35.6. The van der Waals surface area contributed by atoms with E-state index in [1.54, 1.807) is 16.2 Å². The number of nitrogens with zero attached hydrogens (tertiary/aromatic N) is 4. The number of hydrogen-bond donors (Lipinski definition) is 0. The summed E-state index contributed by atoms with van der Waals surface area (Å²) in [6, 6.07) is 28.1. The minimum Gasteiger partial charge on any atom is -0.321 e. The molecule has 2 fully saturated rings. The summed E-state index contributed by atoms with van der Waals surface area (Å²) < 4.78 is 1.25. The number of rotatable bonds is 5. The van der Waals surface area contributed by atoms with Crippen LogP contribution < -0.4 is 4.90 Å². The number of carbonyl (C=O) groups is 2. The SMILES string of the molecule is CCN(Cc1csc2ccccc12)C(=O)N1[C@@H]2CC[C@H]1CN(C(=O)N(c1ccccc1)c1ccccc1)C2. The third-order valence-electron chi connectivity index (χ3n) is 7.77. The van der Waals surface area contributed by atoms with Crippen molar-refractivity contribution in [3.05, 3.63) is 95.9 Å². The van der Waals surface area contributed by atoms with Crippen LogP contribution in [0.25, 0.3) is 10.1 Å². The Bertz CT molecular complexity index is 1370. The first-order valence-corrected chi connectivity index (χ1v) is 14.2. The molecule has 2 saturated heterocycles. The van der Waals surface area contributed by atoms with Crippen LogP contribution >= 0.6 is 11.3 Å². The van der Waals surface area contributed by atoms with Crippen molar-refractivity contribution in [2.24, 2.45) is 0 Å². The second-order valence-electron chi connectivity index (χ2n) is 10.0. The van der Waals surface area contributed by atoms with E-state index in [1.807, 2.05) is 77.4 Å². The number of fused-ring (bicyclic) bond motifs is 3. The van der Waals surface area contributed by atoms with Gasteiger partial charge in [0.15, 0.2) is 0 Å². The summed E-state index contributed by atoms with van der Waals surface area (Å²) in [6.07, 6.45) is 1.85. The fraction of sp³-hybridized carbons (Fsp3) is 0.290. The number of piperazine rings is 1. The monoisotopic (exact) mass is 524 g/mol. The summed E-state index contributed by atoms with van der Waals surface area (Å²) in [5, 5.41) is 3.40. The lowest BCUT2D eigenvalue weighted by molar-refractivity contribution is 0.0817. The third-order valence-corrected chi connectivity index (χ3v) is 8.78. The Balaban J connectivity index is 1.20. The van der Waals surface area contributed by atoms with Crippen molar-refractivity contribution < 1.29 is 9.59 Å². The fourth-order valence-electron chi connectivity index (χ4n) is 5.88. The van der Waals surface area contributed by atoms with E-state index in [2.05, 4.69) is 34.5 Å². The lowest BCUT2D eigenvalue weighted by Gasteiger charge is -2.44. The maximum absolute atomic E-state index is 14.0. The highest BCUT2D eigenvalue weighted by Crippen LogP contribution is 2.35. The van der Waals surface area contributed by atoms with Crippen LogP contribution in [0.15, 0.2) is 90.3 Å². The summed E-state index contributed by atoms with van der Waals surface area (Å²) in [7, 11) is 0. The predicted octanol–water partition coefficient (Wildman–Crippen LogP) is 6.95. The lowest BCUT2D eigenvalue weighted by Crippen LogP contribution is -2.61. The van der Waals surface area contributed by atoms with Crippen molar-refractivity contribution in [2.75, 3.05) is 24.5 Å². The van der Waals surface area contributed by atoms with Gasteiger partial charge in [-0.1, -0.05) is 54.6 Å². The number of anilines is 2. The number of urea groups is 2. The Hall–Kier alpha value is -3.84. The highest BCUT2D eigenvalue weighted by atomic mass is 32.1. The first-order valence-electron chi connectivity index (χ1n) is 13.4. The molecule has 38 heavy (non-hydrogen) atoms. The van der Waals surface area contributed by atoms with Crippen molar-refractivity contribution in [3.63, 3.8) is 0 Å². The van der Waals surface area contributed by atoms with Gasteiger partial charge in [0.25, 0.3) is 0 Å². The average Bonchev–Trinajstić information content (AvgIpc) is 3.49. The Kier molecular flexibility index (Phi) is 6.77. The quantitative estimate of drug-likeness (QED) is 0.284. The van der Waals surface area contributed by atoms with Crippen molar-refractivity contribution >= 4 is 44.9 Å². The van der Waals surface area contributed by atoms with Gasteiger partial charge in [0, 0.05) is 30.9 Å². The van der Waals surface area contributed by atoms with Crippen molar-refractivity contribution in [1.29, 1.82) is 0 Å². The minimum atomic E-state index is -0.0384. The maximum atomic E-state index is 14.0. The van der Waals surface area contributed by atoms with E-state index in [4.69, 9.17) is 0 Å². The molecule has 194 valence electrons. The highest BCUT2D eigenvalue weighted by molar-refractivity contribution is 7.17. The van der Waals surface area contributed by atoms with Crippen LogP contribution in [0.1, 0.15) is 25.3 Å². The van der Waals surface area contributed by atoms with Crippen LogP contribution in [0, 0.1) is 0 Å². The summed E-state index contributed by atoms with van der Waals surface area (Å²) in [5.41, 5.74) is 2.88. The van der Waals surface area contributed by atoms with E-state index in [0.29, 0.717) is 26.2 Å². The van der Waals surface area contributed by atoms with Crippen LogP contribution in [0.5, 0.6) is 0 Å². The molecule has 0 spiro atoms. The zero-order chi connectivity index (χ0) is 26.1. The van der Waals surface area contributed by atoms with E-state index in [0.717, 1.165) is 24.2 Å². The first-order chi connectivity index (χ1) is 18.6. The van der Waals surface area contributed by atoms with Crippen LogP contribution in [0.4, 0.5) is 21.0 Å². The van der Waals surface area contributed by atoms with Gasteiger partial charge in [-0.2, -0.15) is 0 Å². The van der Waals surface area contributed by atoms with Gasteiger partial charge in [-0.3, -0.25) is 4.90 Å². The van der Waals surface area contributed by atoms with Gasteiger partial charge in [0.1, 0.15) is 0 Å². The number of likely N-dealkylation sites (tertiary alicyclic amines) is 1. The van der Waals surface area contributed by atoms with Crippen molar-refractivity contribution in [2.45, 2.75) is 38.4 Å². The molecule has 0 unspecified atom stereocenters. The predicted molar refractivity (Wildman–Crippen MR) is 154 cm³/mol. The molecule has 4 amide bonds. The molecule has 0 aliphatic carbocycles. The molecule has 6 rings (SSSR count). The van der Waals surface area contributed by atoms with E-state index in [1.165, 1.54) is 15.6 Å². The van der Waals surface area contributed by atoms with E-state index in [9.17, 15) is 9.59 Å². The maximum Gasteiger partial charge on any atom is 0.329 e. The number of amides is 4. The van der Waals surface area contributed by atoms with E-state index < -0.39 is 0 Å². The molecule has 6 nitrogen and oxygen atoms in total. The van der Waals surface area contributed by atoms with Gasteiger partial charge >= 0.3 is 12.1 Å². The summed E-state index contributed by atoms with van der Waals surface area (Å²) in [5.74, 6) is 0. The lowest BCUT2D eigenvalue weighted by atomic mass is 10.1. The molecule has 2 bridgehead atoms. The molecule has 7 heteroatoms. The number of para-hydroxylation sites is 2. The van der Waals surface area contributed by atoms with Gasteiger partial charge in [-0.25, -0.2) is 9.59 Å². The van der Waals surface area contributed by atoms with Crippen molar-refractivity contribution in [3.8, 4) is 0 Å². The van der Waals surface area contributed by atoms with Crippen LogP contribution in [0.3, 0.4) is 0 Å². The van der Waals surface area contributed by atoms with Gasteiger partial charge in [0.2, 0.25) is 0 Å². The number of benzene rings is 3. The fourth-order valence-corrected chi connectivity index (χ4v) is 6.83. The Morgan fingerprint density at radius 3 is 2.00 bits per heavy atom. The molecule has 0 radical (unpaired) electrons. The molecule has 2 aliphatic heterocycles. The first kappa shape index (κ1) is 24.5. The third kappa shape index (κ3) is 4.52. The van der Waals surface area contributed by atoms with Gasteiger partial charge in [-0.15, -0.1) is 11.3 Å². The molecule has 3 heterocycles. The van der Waals surface area contributed by atoms with Crippen LogP contribution in [0.2, 0.25) is 0 Å². The molecule has 2 atom stereocenters. The standard InChI is InChI=1S/C31H32N4O2S/c1-2-32(19-23-22-38-29-16-10-9-15-28(23)29)30(36)35-26-17-18-27(35)21-33(20-26)31(37)34(24-11-5-3-6-12-24)25-13-7-4-8-14-25/h3-16,22,26-27H,2,17-21H2,1H3/t26-,27+. The summed E-state index contributed by atoms with van der Waals surface area (Å²) >= 11 is 1.73. The van der Waals surface area contributed by atoms with Gasteiger partial charge in [0.05, 0.1) is 23.5 Å². The number of hydrogen-bond acceptors (Lipinski definition) is 3. The van der Waals surface area contributed by atoms with E-state index >= 15 is 0 Å². The second-order valence-corrected chi connectivity index (χ2v) is 11.0. The zero-order valence-corrected chi connectivity index (χ0v) is 22.4. The zero-order valence-electron chi connectivity index (χ0n) is 21.6. The number of thiophene rings is 1. The molecule has 3 aromatic carbocycles. The highest BCUT2D eigenvalue weighted by Gasteiger charge is 2.46. The smallest absolute Gasteiger partial charge is 0.321 e. The second kappa shape index (κ2) is 10.5. The molecule has 4 aromatic rings. The molecule has 0 N–H and O–H groups in total. The Labute approximate surface area is 227 Å². The number of carbonyl (C=O) groups excluding carboxylic acids is 2.